The van der Waals surface area contributed by atoms with Crippen molar-refractivity contribution in [1.29, 1.82) is 0 Å². The summed E-state index contributed by atoms with van der Waals surface area (Å²) < 4.78 is 5.60. The maximum atomic E-state index is 12.2. The standard InChI is InChI=1S/C20H21ClN2O3/c21-15-9-7-14(8-10-15)20(25)22-12-3-6-19(24)23-17-11-13-26-18-5-2-1-4-16(17)18/h1-2,4-5,7-10,17H,3,6,11-13H2,(H,22,25)(H,23,24)/t17-/m0/s1. The molecule has 2 amide bonds. The molecular weight excluding hydrogens is 352 g/mol. The quantitative estimate of drug-likeness (QED) is 0.763. The van der Waals surface area contributed by atoms with Crippen LogP contribution in [0.25, 0.3) is 0 Å². The summed E-state index contributed by atoms with van der Waals surface area (Å²) in [7, 11) is 0. The van der Waals surface area contributed by atoms with Crippen molar-refractivity contribution in [2.75, 3.05) is 13.2 Å². The molecule has 5 nitrogen and oxygen atoms in total. The zero-order chi connectivity index (χ0) is 18.4. The van der Waals surface area contributed by atoms with E-state index in [1.54, 1.807) is 24.3 Å². The third kappa shape index (κ3) is 4.76. The number of nitrogens with one attached hydrogen (secondary N) is 2. The van der Waals surface area contributed by atoms with Gasteiger partial charge in [0.15, 0.2) is 0 Å². The number of halogens is 1. The molecule has 136 valence electrons. The van der Waals surface area contributed by atoms with E-state index in [0.29, 0.717) is 36.6 Å². The van der Waals surface area contributed by atoms with E-state index in [1.165, 1.54) is 0 Å². The van der Waals surface area contributed by atoms with Gasteiger partial charge >= 0.3 is 0 Å². The zero-order valence-electron chi connectivity index (χ0n) is 14.3. The van der Waals surface area contributed by atoms with Crippen LogP contribution in [0.5, 0.6) is 5.75 Å². The Morgan fingerprint density at radius 2 is 1.88 bits per heavy atom. The Morgan fingerprint density at radius 1 is 1.12 bits per heavy atom. The molecule has 0 radical (unpaired) electrons. The largest absolute Gasteiger partial charge is 0.493 e. The minimum Gasteiger partial charge on any atom is -0.493 e. The van der Waals surface area contributed by atoms with Gasteiger partial charge in [-0.15, -0.1) is 0 Å². The molecule has 1 heterocycles. The molecule has 6 heteroatoms. The summed E-state index contributed by atoms with van der Waals surface area (Å²) in [6, 6.07) is 14.4. The number of carbonyl (C=O) groups is 2. The molecule has 2 aromatic carbocycles. The Morgan fingerprint density at radius 3 is 2.69 bits per heavy atom. The molecule has 0 saturated carbocycles. The van der Waals surface area contributed by atoms with E-state index < -0.39 is 0 Å². The Labute approximate surface area is 157 Å². The number of hydrogen-bond donors (Lipinski definition) is 2. The van der Waals surface area contributed by atoms with Crippen molar-refractivity contribution < 1.29 is 14.3 Å². The lowest BCUT2D eigenvalue weighted by molar-refractivity contribution is -0.122. The minimum atomic E-state index is -0.166. The first-order valence-electron chi connectivity index (χ1n) is 8.68. The van der Waals surface area contributed by atoms with E-state index in [-0.39, 0.29) is 17.9 Å². The second-order valence-corrected chi connectivity index (χ2v) is 6.60. The number of rotatable bonds is 6. The van der Waals surface area contributed by atoms with Crippen LogP contribution in [0.4, 0.5) is 0 Å². The molecule has 0 fully saturated rings. The van der Waals surface area contributed by atoms with Crippen LogP contribution in [0.15, 0.2) is 48.5 Å². The summed E-state index contributed by atoms with van der Waals surface area (Å²) in [4.78, 5) is 24.2. The number of ether oxygens (including phenoxy) is 1. The second kappa shape index (κ2) is 8.72. The Bertz CT molecular complexity index is 777. The van der Waals surface area contributed by atoms with E-state index in [1.807, 2.05) is 24.3 Å². The van der Waals surface area contributed by atoms with Gasteiger partial charge in [-0.3, -0.25) is 9.59 Å². The number of hydrogen-bond acceptors (Lipinski definition) is 3. The second-order valence-electron chi connectivity index (χ2n) is 6.16. The summed E-state index contributed by atoms with van der Waals surface area (Å²) >= 11 is 5.81. The van der Waals surface area contributed by atoms with Gasteiger partial charge in [0.2, 0.25) is 5.91 Å². The molecule has 0 bridgehead atoms. The smallest absolute Gasteiger partial charge is 0.251 e. The zero-order valence-corrected chi connectivity index (χ0v) is 15.1. The lowest BCUT2D eigenvalue weighted by atomic mass is 10.0. The fraction of sp³-hybridized carbons (Fsp3) is 0.300. The SMILES string of the molecule is O=C(CCCNC(=O)c1ccc(Cl)cc1)N[C@H]1CCOc2ccccc21. The first-order valence-corrected chi connectivity index (χ1v) is 9.06. The average Bonchev–Trinajstić information content (AvgIpc) is 2.66. The van der Waals surface area contributed by atoms with Crippen molar-refractivity contribution in [2.45, 2.75) is 25.3 Å². The van der Waals surface area contributed by atoms with Crippen LogP contribution in [0.3, 0.4) is 0 Å². The Kier molecular flexibility index (Phi) is 6.12. The predicted molar refractivity (Wildman–Crippen MR) is 100 cm³/mol. The number of amides is 2. The number of para-hydroxylation sites is 1. The van der Waals surface area contributed by atoms with Crippen LogP contribution in [0.2, 0.25) is 5.02 Å². The summed E-state index contributed by atoms with van der Waals surface area (Å²) in [5.41, 5.74) is 1.57. The number of fused-ring (bicyclic) bond motifs is 1. The molecule has 1 aliphatic rings. The summed E-state index contributed by atoms with van der Waals surface area (Å²) in [5, 5.41) is 6.46. The first-order chi connectivity index (χ1) is 12.6. The monoisotopic (exact) mass is 372 g/mol. The van der Waals surface area contributed by atoms with Crippen LogP contribution >= 0.6 is 11.6 Å². The van der Waals surface area contributed by atoms with Crippen molar-refractivity contribution >= 4 is 23.4 Å². The van der Waals surface area contributed by atoms with Gasteiger partial charge in [0.1, 0.15) is 5.75 Å². The lowest BCUT2D eigenvalue weighted by Crippen LogP contribution is -2.32. The molecule has 0 spiro atoms. The molecule has 3 rings (SSSR count). The van der Waals surface area contributed by atoms with E-state index in [9.17, 15) is 9.59 Å². The molecule has 2 aromatic rings. The molecule has 1 aliphatic heterocycles. The number of carbonyl (C=O) groups excluding carboxylic acids is 2. The highest BCUT2D eigenvalue weighted by Crippen LogP contribution is 2.31. The average molecular weight is 373 g/mol. The Balaban J connectivity index is 1.41. The van der Waals surface area contributed by atoms with Gasteiger partial charge < -0.3 is 15.4 Å². The molecule has 1 atom stereocenters. The fourth-order valence-corrected chi connectivity index (χ4v) is 3.04. The minimum absolute atomic E-state index is 0.0175. The molecule has 2 N–H and O–H groups in total. The molecule has 0 aromatic heterocycles. The van der Waals surface area contributed by atoms with Crippen molar-refractivity contribution in [3.63, 3.8) is 0 Å². The molecule has 0 unspecified atom stereocenters. The van der Waals surface area contributed by atoms with Crippen LogP contribution in [-0.4, -0.2) is 25.0 Å². The van der Waals surface area contributed by atoms with Gasteiger partial charge in [-0.05, 0) is 36.8 Å². The van der Waals surface area contributed by atoms with Gasteiger partial charge in [-0.1, -0.05) is 29.8 Å². The topological polar surface area (TPSA) is 67.4 Å². The van der Waals surface area contributed by atoms with E-state index in [4.69, 9.17) is 16.3 Å². The Hall–Kier alpha value is -2.53. The van der Waals surface area contributed by atoms with Crippen molar-refractivity contribution in [1.82, 2.24) is 10.6 Å². The maximum absolute atomic E-state index is 12.2. The highest BCUT2D eigenvalue weighted by Gasteiger charge is 2.22. The van der Waals surface area contributed by atoms with Crippen LogP contribution < -0.4 is 15.4 Å². The summed E-state index contributed by atoms with van der Waals surface area (Å²) in [6.07, 6.45) is 1.70. The summed E-state index contributed by atoms with van der Waals surface area (Å²) in [6.45, 7) is 1.04. The normalized spacial score (nSPS) is 15.5. The highest BCUT2D eigenvalue weighted by atomic mass is 35.5. The maximum Gasteiger partial charge on any atom is 0.251 e. The van der Waals surface area contributed by atoms with E-state index in [0.717, 1.165) is 17.7 Å². The van der Waals surface area contributed by atoms with Crippen LogP contribution in [-0.2, 0) is 4.79 Å². The molecule has 26 heavy (non-hydrogen) atoms. The third-order valence-electron chi connectivity index (χ3n) is 4.27. The highest BCUT2D eigenvalue weighted by molar-refractivity contribution is 6.30. The van der Waals surface area contributed by atoms with Gasteiger partial charge in [0, 0.05) is 35.5 Å². The molecule has 0 saturated heterocycles. The van der Waals surface area contributed by atoms with Gasteiger partial charge in [-0.25, -0.2) is 0 Å². The van der Waals surface area contributed by atoms with Gasteiger partial charge in [0.25, 0.3) is 5.91 Å². The van der Waals surface area contributed by atoms with Crippen molar-refractivity contribution in [3.8, 4) is 5.75 Å². The van der Waals surface area contributed by atoms with Crippen molar-refractivity contribution in [3.05, 3.63) is 64.7 Å². The first kappa shape index (κ1) is 18.3. The van der Waals surface area contributed by atoms with E-state index >= 15 is 0 Å². The van der Waals surface area contributed by atoms with Crippen molar-refractivity contribution in [2.24, 2.45) is 0 Å². The van der Waals surface area contributed by atoms with Crippen LogP contribution in [0.1, 0.15) is 41.2 Å². The number of benzene rings is 2. The fourth-order valence-electron chi connectivity index (χ4n) is 2.91. The van der Waals surface area contributed by atoms with Crippen LogP contribution in [0, 0.1) is 0 Å². The van der Waals surface area contributed by atoms with Gasteiger partial charge in [0.05, 0.1) is 12.6 Å². The van der Waals surface area contributed by atoms with E-state index in [2.05, 4.69) is 10.6 Å². The predicted octanol–water partition coefficient (Wildman–Crippen LogP) is 3.49. The molecule has 0 aliphatic carbocycles. The molecular formula is C20H21ClN2O3. The lowest BCUT2D eigenvalue weighted by Gasteiger charge is -2.26. The summed E-state index contributed by atoms with van der Waals surface area (Å²) in [5.74, 6) is 0.646. The van der Waals surface area contributed by atoms with Gasteiger partial charge in [-0.2, -0.15) is 0 Å². The third-order valence-corrected chi connectivity index (χ3v) is 4.52.